The van der Waals surface area contributed by atoms with Crippen LogP contribution in [0, 0.1) is 11.3 Å². The van der Waals surface area contributed by atoms with Gasteiger partial charge in [0.25, 0.3) is 10.0 Å². The minimum Gasteiger partial charge on any atom is -0.497 e. The van der Waals surface area contributed by atoms with Crippen molar-refractivity contribution >= 4 is 38.0 Å². The Morgan fingerprint density at radius 1 is 0.943 bits per heavy atom. The molecule has 3 aromatic carbocycles. The van der Waals surface area contributed by atoms with E-state index < -0.39 is 10.0 Å². The summed E-state index contributed by atoms with van der Waals surface area (Å²) in [5, 5.41) is 10.0. The minimum absolute atomic E-state index is 0.0990. The molecule has 0 amide bonds. The number of nitrogens with zero attached hydrogens (tertiary/aromatic N) is 4. The fourth-order valence-electron chi connectivity index (χ4n) is 3.95. The van der Waals surface area contributed by atoms with Crippen LogP contribution in [0.25, 0.3) is 22.2 Å². The molecule has 0 saturated heterocycles. The average molecular weight is 484 g/mol. The Labute approximate surface area is 202 Å². The fourth-order valence-corrected chi connectivity index (χ4v) is 5.05. The lowest BCUT2D eigenvalue weighted by Crippen LogP contribution is -2.17. The molecule has 0 atom stereocenters. The SMILES string of the molecule is COc1ccc(CCn2c(NS(=O)(=O)c3ccccc3)c(C#N)c3nc4ccccc4nc32)cc1. The second-order valence-electron chi connectivity index (χ2n) is 7.89. The molecule has 0 aliphatic carbocycles. The van der Waals surface area contributed by atoms with Gasteiger partial charge in [-0.2, -0.15) is 5.26 Å². The van der Waals surface area contributed by atoms with E-state index in [0.29, 0.717) is 35.2 Å². The van der Waals surface area contributed by atoms with Crippen LogP contribution >= 0.6 is 0 Å². The Balaban J connectivity index is 1.65. The summed E-state index contributed by atoms with van der Waals surface area (Å²) in [7, 11) is -2.34. The summed E-state index contributed by atoms with van der Waals surface area (Å²) in [6.07, 6.45) is 0.577. The van der Waals surface area contributed by atoms with E-state index in [0.717, 1.165) is 11.3 Å². The molecule has 1 N–H and O–H groups in total. The van der Waals surface area contributed by atoms with E-state index in [4.69, 9.17) is 9.72 Å². The van der Waals surface area contributed by atoms with E-state index in [2.05, 4.69) is 15.8 Å². The number of rotatable bonds is 7. The van der Waals surface area contributed by atoms with Crippen LogP contribution in [0.5, 0.6) is 5.75 Å². The number of aryl methyl sites for hydroxylation is 2. The van der Waals surface area contributed by atoms with Crippen molar-refractivity contribution < 1.29 is 13.2 Å². The van der Waals surface area contributed by atoms with E-state index in [-0.39, 0.29) is 16.3 Å². The summed E-state index contributed by atoms with van der Waals surface area (Å²) >= 11 is 0. The second kappa shape index (κ2) is 9.08. The number of hydrogen-bond donors (Lipinski definition) is 1. The molecule has 5 aromatic rings. The summed E-state index contributed by atoms with van der Waals surface area (Å²) in [5.41, 5.74) is 3.24. The number of benzene rings is 3. The van der Waals surface area contributed by atoms with Crippen molar-refractivity contribution in [3.8, 4) is 11.8 Å². The van der Waals surface area contributed by atoms with Gasteiger partial charge in [-0.3, -0.25) is 4.72 Å². The van der Waals surface area contributed by atoms with E-state index >= 15 is 0 Å². The lowest BCUT2D eigenvalue weighted by molar-refractivity contribution is 0.414. The van der Waals surface area contributed by atoms with Crippen molar-refractivity contribution in [2.75, 3.05) is 11.8 Å². The molecule has 0 aliphatic heterocycles. The van der Waals surface area contributed by atoms with Gasteiger partial charge in [-0.1, -0.05) is 42.5 Å². The summed E-state index contributed by atoms with van der Waals surface area (Å²) < 4.78 is 36.0. The Morgan fingerprint density at radius 2 is 1.60 bits per heavy atom. The van der Waals surface area contributed by atoms with Crippen molar-refractivity contribution in [3.05, 3.63) is 90.0 Å². The molecule has 0 unspecified atom stereocenters. The zero-order valence-electron chi connectivity index (χ0n) is 18.8. The van der Waals surface area contributed by atoms with Gasteiger partial charge in [-0.05, 0) is 48.4 Å². The summed E-state index contributed by atoms with van der Waals surface area (Å²) in [4.78, 5) is 9.50. The van der Waals surface area contributed by atoms with E-state index in [1.54, 1.807) is 29.9 Å². The fraction of sp³-hybridized carbons (Fsp3) is 0.115. The molecule has 8 nitrogen and oxygen atoms in total. The molecule has 0 spiro atoms. The van der Waals surface area contributed by atoms with Crippen molar-refractivity contribution in [1.82, 2.24) is 14.5 Å². The molecule has 174 valence electrons. The molecule has 2 aromatic heterocycles. The highest BCUT2D eigenvalue weighted by molar-refractivity contribution is 7.92. The van der Waals surface area contributed by atoms with Crippen LogP contribution in [-0.4, -0.2) is 30.1 Å². The van der Waals surface area contributed by atoms with Gasteiger partial charge < -0.3 is 9.30 Å². The third-order valence-electron chi connectivity index (χ3n) is 5.73. The molecule has 35 heavy (non-hydrogen) atoms. The Bertz CT molecular complexity index is 1670. The molecule has 2 heterocycles. The highest BCUT2D eigenvalue weighted by atomic mass is 32.2. The Kier molecular flexibility index (Phi) is 5.81. The number of ether oxygens (including phenoxy) is 1. The first-order chi connectivity index (χ1) is 17.0. The van der Waals surface area contributed by atoms with Gasteiger partial charge in [-0.15, -0.1) is 0 Å². The number of sulfonamides is 1. The van der Waals surface area contributed by atoms with Crippen molar-refractivity contribution in [2.24, 2.45) is 0 Å². The molecule has 0 bridgehead atoms. The molecule has 5 rings (SSSR count). The van der Waals surface area contributed by atoms with Gasteiger partial charge in [0.15, 0.2) is 5.65 Å². The quantitative estimate of drug-likeness (QED) is 0.365. The van der Waals surface area contributed by atoms with Crippen molar-refractivity contribution in [3.63, 3.8) is 0 Å². The van der Waals surface area contributed by atoms with Crippen LogP contribution in [0.1, 0.15) is 11.1 Å². The van der Waals surface area contributed by atoms with Gasteiger partial charge in [0.2, 0.25) is 0 Å². The number of nitrogens with one attached hydrogen (secondary N) is 1. The van der Waals surface area contributed by atoms with Crippen molar-refractivity contribution in [2.45, 2.75) is 17.9 Å². The minimum atomic E-state index is -3.95. The molecule has 0 saturated carbocycles. The molecule has 9 heteroatoms. The van der Waals surface area contributed by atoms with Gasteiger partial charge in [-0.25, -0.2) is 18.4 Å². The van der Waals surface area contributed by atoms with Gasteiger partial charge in [0.05, 0.1) is 23.0 Å². The first kappa shape index (κ1) is 22.4. The van der Waals surface area contributed by atoms with Crippen molar-refractivity contribution in [1.29, 1.82) is 5.26 Å². The highest BCUT2D eigenvalue weighted by Crippen LogP contribution is 2.31. The Morgan fingerprint density at radius 3 is 2.26 bits per heavy atom. The zero-order chi connectivity index (χ0) is 24.4. The van der Waals surface area contributed by atoms with Crippen LogP contribution in [0.15, 0.2) is 83.8 Å². The third kappa shape index (κ3) is 4.27. The highest BCUT2D eigenvalue weighted by Gasteiger charge is 2.25. The zero-order valence-corrected chi connectivity index (χ0v) is 19.7. The summed E-state index contributed by atoms with van der Waals surface area (Å²) in [5.74, 6) is 0.899. The lowest BCUT2D eigenvalue weighted by Gasteiger charge is -2.13. The van der Waals surface area contributed by atoms with Gasteiger partial charge in [0.1, 0.15) is 28.7 Å². The number of fused-ring (bicyclic) bond motifs is 2. The number of anilines is 1. The van der Waals surface area contributed by atoms with Crippen LogP contribution < -0.4 is 9.46 Å². The number of aromatic nitrogens is 3. The normalized spacial score (nSPS) is 11.4. The largest absolute Gasteiger partial charge is 0.497 e. The molecule has 0 radical (unpaired) electrons. The molecular formula is C26H21N5O3S. The second-order valence-corrected chi connectivity index (χ2v) is 9.57. The number of hydrogen-bond acceptors (Lipinski definition) is 6. The first-order valence-corrected chi connectivity index (χ1v) is 12.4. The molecule has 0 fully saturated rings. The lowest BCUT2D eigenvalue weighted by atomic mass is 10.1. The Hall–Kier alpha value is -4.42. The maximum Gasteiger partial charge on any atom is 0.263 e. The summed E-state index contributed by atoms with van der Waals surface area (Å²) in [6, 6.07) is 25.2. The molecular weight excluding hydrogens is 462 g/mol. The third-order valence-corrected chi connectivity index (χ3v) is 7.09. The van der Waals surface area contributed by atoms with Gasteiger partial charge in [0, 0.05) is 6.54 Å². The summed E-state index contributed by atoms with van der Waals surface area (Å²) in [6.45, 7) is 0.379. The van der Waals surface area contributed by atoms with Crippen LogP contribution in [0.3, 0.4) is 0 Å². The van der Waals surface area contributed by atoms with E-state index in [9.17, 15) is 13.7 Å². The monoisotopic (exact) mass is 483 g/mol. The molecule has 0 aliphatic rings. The van der Waals surface area contributed by atoms with Crippen LogP contribution in [0.2, 0.25) is 0 Å². The number of para-hydroxylation sites is 2. The van der Waals surface area contributed by atoms with E-state index in [1.165, 1.54) is 12.1 Å². The van der Waals surface area contributed by atoms with Crippen LogP contribution in [-0.2, 0) is 23.0 Å². The van der Waals surface area contributed by atoms with Crippen LogP contribution in [0.4, 0.5) is 5.82 Å². The maximum absolute atomic E-state index is 13.2. The smallest absolute Gasteiger partial charge is 0.263 e. The number of nitriles is 1. The van der Waals surface area contributed by atoms with E-state index in [1.807, 2.05) is 48.5 Å². The topological polar surface area (TPSA) is 110 Å². The van der Waals surface area contributed by atoms with Gasteiger partial charge >= 0.3 is 0 Å². The first-order valence-electron chi connectivity index (χ1n) is 10.9. The predicted molar refractivity (Wildman–Crippen MR) is 134 cm³/mol. The standard InChI is InChI=1S/C26H21N5O3S/c1-34-19-13-11-18(12-14-19)15-16-31-25(30-35(32,33)20-7-3-2-4-8-20)21(17-27)24-26(31)29-23-10-6-5-9-22(23)28-24/h2-14,30H,15-16H2,1H3. The predicted octanol–water partition coefficient (Wildman–Crippen LogP) is 4.51. The number of methoxy groups -OCH3 is 1. The maximum atomic E-state index is 13.2. The average Bonchev–Trinajstić information content (AvgIpc) is 3.17.